The van der Waals surface area contributed by atoms with Crippen LogP contribution in [0.4, 0.5) is 16.5 Å². The van der Waals surface area contributed by atoms with Gasteiger partial charge in [0, 0.05) is 36.8 Å². The first kappa shape index (κ1) is 30.0. The molecule has 0 radical (unpaired) electrons. The summed E-state index contributed by atoms with van der Waals surface area (Å²) in [5, 5.41) is 19.7. The molecule has 1 fully saturated rings. The van der Waals surface area contributed by atoms with Crippen LogP contribution < -0.4 is 4.90 Å². The summed E-state index contributed by atoms with van der Waals surface area (Å²) >= 11 is 4.85. The Balaban J connectivity index is 1.09. The van der Waals surface area contributed by atoms with Gasteiger partial charge in [0.25, 0.3) is 0 Å². The van der Waals surface area contributed by atoms with Gasteiger partial charge in [0.2, 0.25) is 5.13 Å². The number of benzene rings is 2. The molecular weight excluding hydrogens is 611 g/mol. The van der Waals surface area contributed by atoms with Crippen LogP contribution in [0, 0.1) is 18.3 Å². The molecule has 0 unspecified atom stereocenters. The summed E-state index contributed by atoms with van der Waals surface area (Å²) in [7, 11) is 0. The van der Waals surface area contributed by atoms with Gasteiger partial charge < -0.3 is 4.90 Å². The molecule has 3 aromatic heterocycles. The summed E-state index contributed by atoms with van der Waals surface area (Å²) in [5.41, 5.74) is 8.10. The quantitative estimate of drug-likeness (QED) is 0.141. The third-order valence-corrected chi connectivity index (χ3v) is 12.8. The lowest BCUT2D eigenvalue weighted by atomic mass is 9.79. The van der Waals surface area contributed by atoms with Crippen molar-refractivity contribution in [3.8, 4) is 17.2 Å². The summed E-state index contributed by atoms with van der Waals surface area (Å²) in [5.74, 6) is 0. The lowest BCUT2D eigenvalue weighted by molar-refractivity contribution is 0.244. The summed E-state index contributed by atoms with van der Waals surface area (Å²) in [6.45, 7) is 16.1. The highest BCUT2D eigenvalue weighted by Gasteiger charge is 2.41. The molecule has 5 nitrogen and oxygen atoms in total. The van der Waals surface area contributed by atoms with Gasteiger partial charge in [-0.1, -0.05) is 48.9 Å². The molecule has 2 aliphatic rings. The van der Waals surface area contributed by atoms with Crippen molar-refractivity contribution in [1.29, 1.82) is 5.26 Å². The van der Waals surface area contributed by atoms with Gasteiger partial charge in [0.1, 0.15) is 10.9 Å². The number of hydrogen-bond donors (Lipinski definition) is 0. The average Bonchev–Trinajstić information content (AvgIpc) is 3.71. The molecule has 8 heteroatoms. The lowest BCUT2D eigenvalue weighted by Gasteiger charge is -2.54. The number of thiazole rings is 1. The second-order valence-electron chi connectivity index (χ2n) is 14.0. The van der Waals surface area contributed by atoms with Crippen molar-refractivity contribution in [2.45, 2.75) is 84.2 Å². The smallest absolute Gasteiger partial charge is 0.231 e. The highest BCUT2D eigenvalue weighted by Crippen LogP contribution is 2.53. The highest BCUT2D eigenvalue weighted by molar-refractivity contribution is 7.29. The van der Waals surface area contributed by atoms with Crippen molar-refractivity contribution in [1.82, 2.24) is 4.98 Å². The van der Waals surface area contributed by atoms with Crippen LogP contribution in [0.2, 0.25) is 0 Å². The Hall–Kier alpha value is -3.64. The molecular formula is C37H37N5S3. The van der Waals surface area contributed by atoms with Crippen LogP contribution in [-0.4, -0.2) is 16.1 Å². The number of thiophene rings is 2. The number of hydrogen-bond acceptors (Lipinski definition) is 8. The maximum atomic E-state index is 10.1. The SMILES string of the molecule is Cc1ccc2c(c1)C(C)(C)c1sc(/C(C#N)=C/c3cc4sc(N=Nc5ccc(N6C(C)(C)CCCC6(C)C)cc5)nc4s3)cc1-2. The number of rotatable bonds is 5. The van der Waals surface area contributed by atoms with Crippen molar-refractivity contribution in [2.24, 2.45) is 10.2 Å². The number of nitrogens with zero attached hydrogens (tertiary/aromatic N) is 5. The van der Waals surface area contributed by atoms with Gasteiger partial charge in [-0.25, -0.2) is 4.98 Å². The molecule has 0 saturated carbocycles. The van der Waals surface area contributed by atoms with E-state index in [1.165, 1.54) is 63.4 Å². The van der Waals surface area contributed by atoms with Gasteiger partial charge >= 0.3 is 0 Å². The number of anilines is 1. The lowest BCUT2D eigenvalue weighted by Crippen LogP contribution is -2.58. The van der Waals surface area contributed by atoms with Crippen LogP contribution in [0.1, 0.15) is 86.6 Å². The van der Waals surface area contributed by atoms with Crippen molar-refractivity contribution in [3.63, 3.8) is 0 Å². The van der Waals surface area contributed by atoms with Gasteiger partial charge in [-0.15, -0.1) is 32.9 Å². The molecule has 0 atom stereocenters. The maximum Gasteiger partial charge on any atom is 0.231 e. The second kappa shape index (κ2) is 10.7. The fourth-order valence-corrected chi connectivity index (χ4v) is 10.6. The average molecular weight is 648 g/mol. The molecule has 45 heavy (non-hydrogen) atoms. The molecule has 5 aromatic rings. The zero-order valence-corrected chi connectivity index (χ0v) is 29.3. The maximum absolute atomic E-state index is 10.1. The molecule has 7 rings (SSSR count). The zero-order chi connectivity index (χ0) is 31.7. The van der Waals surface area contributed by atoms with E-state index < -0.39 is 0 Å². The van der Waals surface area contributed by atoms with Crippen LogP contribution in [-0.2, 0) is 5.41 Å². The number of azo groups is 1. The number of aryl methyl sites for hydroxylation is 1. The number of fused-ring (bicyclic) bond motifs is 4. The number of aromatic nitrogens is 1. The minimum atomic E-state index is -0.0657. The molecule has 1 saturated heterocycles. The standard InChI is InChI=1S/C37H37N5S3/c1-22-9-14-27-28-20-30(44-32(28)37(6,7)29(27)17-22)23(21-38)18-26-19-31-33(43-26)39-34(45-31)41-40-24-10-12-25(13-11-24)42-35(2,3)15-8-16-36(42,4)5/h9-14,17-20H,8,15-16H2,1-7H3/b23-18+,41-40?. The van der Waals surface area contributed by atoms with Gasteiger partial charge in [0.05, 0.1) is 16.0 Å². The fourth-order valence-electron chi connectivity index (χ4n) is 7.34. The van der Waals surface area contributed by atoms with Crippen molar-refractivity contribution < 1.29 is 0 Å². The summed E-state index contributed by atoms with van der Waals surface area (Å²) in [6.07, 6.45) is 5.64. The van der Waals surface area contributed by atoms with Crippen LogP contribution in [0.15, 0.2) is 64.8 Å². The highest BCUT2D eigenvalue weighted by atomic mass is 32.1. The van der Waals surface area contributed by atoms with Gasteiger partial charge in [-0.3, -0.25) is 0 Å². The fraction of sp³-hybridized carbons (Fsp3) is 0.351. The van der Waals surface area contributed by atoms with Crippen molar-refractivity contribution in [2.75, 3.05) is 4.90 Å². The number of nitriles is 1. The summed E-state index contributed by atoms with van der Waals surface area (Å²) < 4.78 is 1.06. The Morgan fingerprint density at radius 3 is 2.31 bits per heavy atom. The number of allylic oxidation sites excluding steroid dienone is 1. The Morgan fingerprint density at radius 1 is 0.889 bits per heavy atom. The molecule has 1 aliphatic carbocycles. The van der Waals surface area contributed by atoms with E-state index >= 15 is 0 Å². The van der Waals surface area contributed by atoms with E-state index in [9.17, 15) is 5.26 Å². The zero-order valence-electron chi connectivity index (χ0n) is 26.9. The molecule has 0 amide bonds. The van der Waals surface area contributed by atoms with E-state index in [1.54, 1.807) is 22.7 Å². The summed E-state index contributed by atoms with van der Waals surface area (Å²) in [6, 6.07) is 21.9. The first-order valence-electron chi connectivity index (χ1n) is 15.5. The third kappa shape index (κ3) is 5.25. The van der Waals surface area contributed by atoms with Crippen LogP contribution in [0.25, 0.3) is 32.3 Å². The predicted molar refractivity (Wildman–Crippen MR) is 193 cm³/mol. The minimum Gasteiger partial charge on any atom is -0.361 e. The molecule has 1 aliphatic heterocycles. The largest absolute Gasteiger partial charge is 0.361 e. The molecule has 0 bridgehead atoms. The first-order valence-corrected chi connectivity index (χ1v) is 17.9. The van der Waals surface area contributed by atoms with E-state index in [0.29, 0.717) is 10.7 Å². The normalized spacial score (nSPS) is 18.4. The van der Waals surface area contributed by atoms with E-state index in [0.717, 1.165) is 25.0 Å². The Kier molecular flexibility index (Phi) is 7.16. The molecule has 0 spiro atoms. The van der Waals surface area contributed by atoms with Crippen LogP contribution in [0.5, 0.6) is 0 Å². The molecule has 228 valence electrons. The molecule has 0 N–H and O–H groups in total. The Labute approximate surface area is 277 Å². The van der Waals surface area contributed by atoms with E-state index in [2.05, 4.69) is 112 Å². The van der Waals surface area contributed by atoms with Gasteiger partial charge in [-0.05, 0) is 113 Å². The topological polar surface area (TPSA) is 64.6 Å². The second-order valence-corrected chi connectivity index (χ2v) is 17.2. The Bertz CT molecular complexity index is 2000. The predicted octanol–water partition coefficient (Wildman–Crippen LogP) is 12.1. The monoisotopic (exact) mass is 647 g/mol. The first-order chi connectivity index (χ1) is 21.4. The van der Waals surface area contributed by atoms with E-state index in [-0.39, 0.29) is 16.5 Å². The van der Waals surface area contributed by atoms with Gasteiger partial charge in [0.15, 0.2) is 0 Å². The van der Waals surface area contributed by atoms with Crippen molar-refractivity contribution >= 4 is 71.7 Å². The van der Waals surface area contributed by atoms with Gasteiger partial charge in [-0.2, -0.15) is 5.26 Å². The molecule has 4 heterocycles. The molecule has 2 aromatic carbocycles. The van der Waals surface area contributed by atoms with E-state index in [4.69, 9.17) is 4.98 Å². The minimum absolute atomic E-state index is 0.0657. The van der Waals surface area contributed by atoms with Crippen LogP contribution in [0.3, 0.4) is 0 Å². The summed E-state index contributed by atoms with van der Waals surface area (Å²) in [4.78, 5) is 11.6. The van der Waals surface area contributed by atoms with Crippen molar-refractivity contribution in [3.05, 3.63) is 80.4 Å². The Morgan fingerprint density at radius 2 is 1.62 bits per heavy atom. The number of piperidine rings is 1. The van der Waals surface area contributed by atoms with E-state index in [1.807, 2.05) is 18.2 Å². The third-order valence-electron chi connectivity index (χ3n) is 9.35. The van der Waals surface area contributed by atoms with Crippen LogP contribution >= 0.6 is 34.0 Å².